The molecule has 7 heteroatoms. The first kappa shape index (κ1) is 12.8. The van der Waals surface area contributed by atoms with E-state index in [1.165, 1.54) is 10.8 Å². The Balaban J connectivity index is 2.73. The molecule has 84 valence electrons. The number of aliphatic carboxylic acids is 1. The maximum absolute atomic E-state index is 10.5. The van der Waals surface area contributed by atoms with Gasteiger partial charge in [-0.15, -0.1) is 0 Å². The van der Waals surface area contributed by atoms with Gasteiger partial charge in [-0.25, -0.2) is 0 Å². The van der Waals surface area contributed by atoms with Gasteiger partial charge in [-0.1, -0.05) is 44.9 Å². The molecule has 1 atom stereocenters. The zero-order chi connectivity index (χ0) is 12.0. The maximum Gasteiger partial charge on any atom is 0.0550 e. The zero-order valence-electron chi connectivity index (χ0n) is 8.36. The fourth-order valence-electron chi connectivity index (χ4n) is 0.822. The summed E-state index contributed by atoms with van der Waals surface area (Å²) in [6, 6.07) is 6.99. The number of benzene rings is 1. The van der Waals surface area contributed by atoms with Gasteiger partial charge < -0.3 is 9.90 Å². The minimum absolute atomic E-state index is 0.494. The lowest BCUT2D eigenvalue weighted by Gasteiger charge is -2.11. The number of carboxylic acid groups (broad SMARTS) is 1. The SMILES string of the molecule is CC(SSc1ccccc1N=[N+]=[N-])C(=O)[O-]. The van der Waals surface area contributed by atoms with Crippen molar-refractivity contribution >= 4 is 33.2 Å². The molecule has 0 saturated heterocycles. The second-order valence-electron chi connectivity index (χ2n) is 2.80. The Morgan fingerprint density at radius 3 is 2.88 bits per heavy atom. The van der Waals surface area contributed by atoms with Gasteiger partial charge >= 0.3 is 0 Å². The first-order chi connectivity index (χ1) is 7.65. The van der Waals surface area contributed by atoms with E-state index in [1.54, 1.807) is 31.2 Å². The molecule has 0 aromatic heterocycles. The van der Waals surface area contributed by atoms with Gasteiger partial charge in [-0.3, -0.25) is 0 Å². The molecule has 16 heavy (non-hydrogen) atoms. The molecule has 1 unspecified atom stereocenters. The quantitative estimate of drug-likeness (QED) is 0.349. The molecular formula is C9H8N3O2S2-. The van der Waals surface area contributed by atoms with E-state index in [0.29, 0.717) is 5.69 Å². The van der Waals surface area contributed by atoms with Crippen molar-refractivity contribution in [3.8, 4) is 0 Å². The summed E-state index contributed by atoms with van der Waals surface area (Å²) in [5.74, 6) is -1.11. The Morgan fingerprint density at radius 1 is 1.56 bits per heavy atom. The summed E-state index contributed by atoms with van der Waals surface area (Å²) in [6.45, 7) is 1.54. The first-order valence-corrected chi connectivity index (χ1v) is 6.54. The van der Waals surface area contributed by atoms with Gasteiger partial charge in [-0.05, 0) is 18.5 Å². The van der Waals surface area contributed by atoms with Crippen LogP contribution in [0, 0.1) is 0 Å². The Kier molecular flexibility index (Phi) is 5.04. The van der Waals surface area contributed by atoms with Crippen LogP contribution in [0.1, 0.15) is 6.92 Å². The third kappa shape index (κ3) is 3.69. The van der Waals surface area contributed by atoms with E-state index in [1.807, 2.05) is 0 Å². The molecule has 0 bridgehead atoms. The van der Waals surface area contributed by atoms with Crippen molar-refractivity contribution in [1.82, 2.24) is 0 Å². The van der Waals surface area contributed by atoms with Crippen LogP contribution in [-0.4, -0.2) is 11.2 Å². The van der Waals surface area contributed by atoms with Crippen LogP contribution in [0.2, 0.25) is 0 Å². The van der Waals surface area contributed by atoms with Crippen molar-refractivity contribution in [1.29, 1.82) is 0 Å². The van der Waals surface area contributed by atoms with Crippen LogP contribution in [-0.2, 0) is 4.79 Å². The van der Waals surface area contributed by atoms with E-state index in [9.17, 15) is 9.90 Å². The minimum atomic E-state index is -1.11. The average Bonchev–Trinajstić information content (AvgIpc) is 2.27. The van der Waals surface area contributed by atoms with Gasteiger partial charge in [0, 0.05) is 9.81 Å². The molecule has 1 rings (SSSR count). The minimum Gasteiger partial charge on any atom is -0.549 e. The lowest BCUT2D eigenvalue weighted by Crippen LogP contribution is -2.30. The predicted octanol–water partition coefficient (Wildman–Crippen LogP) is 2.51. The highest BCUT2D eigenvalue weighted by Gasteiger charge is 2.06. The van der Waals surface area contributed by atoms with E-state index in [0.717, 1.165) is 15.7 Å². The Morgan fingerprint density at radius 2 is 2.25 bits per heavy atom. The molecule has 5 nitrogen and oxygen atoms in total. The molecule has 0 spiro atoms. The molecule has 0 aliphatic rings. The number of carbonyl (C=O) groups excluding carboxylic acids is 1. The molecule has 1 aromatic carbocycles. The lowest BCUT2D eigenvalue weighted by molar-refractivity contribution is -0.304. The fraction of sp³-hybridized carbons (Fsp3) is 0.222. The third-order valence-corrected chi connectivity index (χ3v) is 4.43. The Bertz CT molecular complexity index is 433. The van der Waals surface area contributed by atoms with Crippen LogP contribution in [0.25, 0.3) is 10.4 Å². The molecule has 0 radical (unpaired) electrons. The second-order valence-corrected chi connectivity index (χ2v) is 5.38. The normalized spacial score (nSPS) is 11.6. The molecule has 0 aliphatic carbocycles. The second kappa shape index (κ2) is 6.32. The highest BCUT2D eigenvalue weighted by atomic mass is 33.1. The topological polar surface area (TPSA) is 88.9 Å². The van der Waals surface area contributed by atoms with Crippen LogP contribution in [0.5, 0.6) is 0 Å². The number of carbonyl (C=O) groups is 1. The standard InChI is InChI=1S/C9H9N3O2S2/c1-6(9(13)14)15-16-8-5-3-2-4-7(8)11-12-10/h2-6H,1H3,(H,13,14)/p-1. The highest BCUT2D eigenvalue weighted by molar-refractivity contribution is 8.77. The number of rotatable bonds is 5. The van der Waals surface area contributed by atoms with Crippen molar-refractivity contribution in [3.63, 3.8) is 0 Å². The van der Waals surface area contributed by atoms with Crippen molar-refractivity contribution in [2.75, 3.05) is 0 Å². The van der Waals surface area contributed by atoms with E-state index in [-0.39, 0.29) is 0 Å². The summed E-state index contributed by atoms with van der Waals surface area (Å²) >= 11 is 0. The predicted molar refractivity (Wildman–Crippen MR) is 63.2 cm³/mol. The van der Waals surface area contributed by atoms with Crippen LogP contribution in [0.3, 0.4) is 0 Å². The number of azide groups is 1. The number of hydrogen-bond acceptors (Lipinski definition) is 5. The lowest BCUT2D eigenvalue weighted by atomic mass is 10.3. The van der Waals surface area contributed by atoms with Crippen LogP contribution in [0.4, 0.5) is 5.69 Å². The van der Waals surface area contributed by atoms with Gasteiger partial charge in [0.05, 0.1) is 16.9 Å². The van der Waals surface area contributed by atoms with Gasteiger partial charge in [0.25, 0.3) is 0 Å². The molecule has 0 aliphatic heterocycles. The highest BCUT2D eigenvalue weighted by Crippen LogP contribution is 2.39. The van der Waals surface area contributed by atoms with Crippen LogP contribution >= 0.6 is 21.6 Å². The van der Waals surface area contributed by atoms with Crippen molar-refractivity contribution in [2.45, 2.75) is 17.1 Å². The largest absolute Gasteiger partial charge is 0.549 e. The van der Waals surface area contributed by atoms with Crippen molar-refractivity contribution < 1.29 is 9.90 Å². The van der Waals surface area contributed by atoms with Gasteiger partial charge in [0.15, 0.2) is 0 Å². The summed E-state index contributed by atoms with van der Waals surface area (Å²) in [6.07, 6.45) is 0. The van der Waals surface area contributed by atoms with E-state index >= 15 is 0 Å². The molecule has 0 heterocycles. The summed E-state index contributed by atoms with van der Waals surface area (Å²) < 4.78 is 0. The van der Waals surface area contributed by atoms with Gasteiger partial charge in [0.1, 0.15) is 0 Å². The summed E-state index contributed by atoms with van der Waals surface area (Å²) in [7, 11) is 2.40. The number of carboxylic acids is 1. The van der Waals surface area contributed by atoms with Gasteiger partial charge in [0.2, 0.25) is 0 Å². The molecular weight excluding hydrogens is 246 g/mol. The van der Waals surface area contributed by atoms with Crippen molar-refractivity contribution in [2.24, 2.45) is 5.11 Å². The third-order valence-electron chi connectivity index (χ3n) is 1.63. The molecule has 0 N–H and O–H groups in total. The van der Waals surface area contributed by atoms with E-state index in [4.69, 9.17) is 5.53 Å². The Hall–Kier alpha value is -1.30. The first-order valence-electron chi connectivity index (χ1n) is 4.33. The smallest absolute Gasteiger partial charge is 0.0550 e. The zero-order valence-corrected chi connectivity index (χ0v) is 9.99. The monoisotopic (exact) mass is 254 g/mol. The molecule has 0 amide bonds. The average molecular weight is 254 g/mol. The number of hydrogen-bond donors (Lipinski definition) is 0. The summed E-state index contributed by atoms with van der Waals surface area (Å²) in [4.78, 5) is 13.9. The molecule has 0 fully saturated rings. The molecule has 1 aromatic rings. The maximum atomic E-state index is 10.5. The fourth-order valence-corrected chi connectivity index (χ4v) is 2.88. The van der Waals surface area contributed by atoms with E-state index in [2.05, 4.69) is 10.0 Å². The van der Waals surface area contributed by atoms with Crippen LogP contribution < -0.4 is 5.11 Å². The van der Waals surface area contributed by atoms with Crippen LogP contribution in [0.15, 0.2) is 34.3 Å². The number of nitrogens with zero attached hydrogens (tertiary/aromatic N) is 3. The Labute approximate surface area is 100 Å². The van der Waals surface area contributed by atoms with Crippen molar-refractivity contribution in [3.05, 3.63) is 34.7 Å². The summed E-state index contributed by atoms with van der Waals surface area (Å²) in [5.41, 5.74) is 8.84. The molecule has 0 saturated carbocycles. The summed E-state index contributed by atoms with van der Waals surface area (Å²) in [5, 5.41) is 13.4. The van der Waals surface area contributed by atoms with E-state index < -0.39 is 11.2 Å². The van der Waals surface area contributed by atoms with Gasteiger partial charge in [-0.2, -0.15) is 0 Å².